The number of hydrogen-bond donors (Lipinski definition) is 1. The molecule has 0 saturated carbocycles. The van der Waals surface area contributed by atoms with Crippen LogP contribution in [0.15, 0.2) is 30.3 Å². The third-order valence-corrected chi connectivity index (χ3v) is 3.12. The molecule has 1 aromatic carbocycles. The Labute approximate surface area is 125 Å². The van der Waals surface area contributed by atoms with Gasteiger partial charge in [0, 0.05) is 16.8 Å². The molecule has 4 heteroatoms. The van der Waals surface area contributed by atoms with Crippen LogP contribution in [-0.2, 0) is 9.53 Å². The Morgan fingerprint density at radius 2 is 2.00 bits per heavy atom. The van der Waals surface area contributed by atoms with Gasteiger partial charge in [-0.1, -0.05) is 19.9 Å². The Hall–Kier alpha value is -2.10. The number of ether oxygens (including phenoxy) is 1. The Morgan fingerprint density at radius 3 is 2.71 bits per heavy atom. The molecule has 1 aromatic heterocycles. The molecule has 1 unspecified atom stereocenters. The number of benzene rings is 1. The summed E-state index contributed by atoms with van der Waals surface area (Å²) in [6.07, 6.45) is 0. The van der Waals surface area contributed by atoms with Crippen LogP contribution in [0.5, 0.6) is 0 Å². The van der Waals surface area contributed by atoms with Crippen molar-refractivity contribution in [3.63, 3.8) is 0 Å². The van der Waals surface area contributed by atoms with E-state index in [9.17, 15) is 4.79 Å². The summed E-state index contributed by atoms with van der Waals surface area (Å²) in [6, 6.07) is 9.52. The zero-order valence-corrected chi connectivity index (χ0v) is 13.0. The summed E-state index contributed by atoms with van der Waals surface area (Å²) in [6.45, 7) is 8.26. The van der Waals surface area contributed by atoms with Gasteiger partial charge in [-0.05, 0) is 44.0 Å². The maximum Gasteiger partial charge on any atom is 0.328 e. The zero-order valence-electron chi connectivity index (χ0n) is 13.0. The third-order valence-electron chi connectivity index (χ3n) is 3.12. The van der Waals surface area contributed by atoms with E-state index >= 15 is 0 Å². The number of nitrogens with one attached hydrogen (secondary N) is 1. The summed E-state index contributed by atoms with van der Waals surface area (Å²) < 4.78 is 5.23. The smallest absolute Gasteiger partial charge is 0.328 e. The van der Waals surface area contributed by atoms with Crippen LogP contribution in [0.3, 0.4) is 0 Å². The maximum absolute atomic E-state index is 11.9. The summed E-state index contributed by atoms with van der Waals surface area (Å²) >= 11 is 0. The molecule has 1 heterocycles. The van der Waals surface area contributed by atoms with Gasteiger partial charge in [0.2, 0.25) is 0 Å². The van der Waals surface area contributed by atoms with Gasteiger partial charge in [-0.15, -0.1) is 0 Å². The largest absolute Gasteiger partial charge is 0.464 e. The number of rotatable bonds is 5. The van der Waals surface area contributed by atoms with E-state index in [1.807, 2.05) is 51.1 Å². The minimum absolute atomic E-state index is 0.231. The fraction of sp³-hybridized carbons (Fsp3) is 0.412. The Balaban J connectivity index is 2.05. The number of aromatic nitrogens is 1. The number of hydrogen-bond acceptors (Lipinski definition) is 4. The van der Waals surface area contributed by atoms with E-state index in [2.05, 4.69) is 10.3 Å². The summed E-state index contributed by atoms with van der Waals surface area (Å²) in [7, 11) is 0. The predicted octanol–water partition coefficient (Wildman–Crippen LogP) is 3.54. The average molecular weight is 286 g/mol. The standard InChI is InChI=1S/C17H22N2O2/c1-11(2)10-21-17(20)13(4)19-15-7-8-16-14(9-15)6-5-12(3)18-16/h5-9,11,13,19H,10H2,1-4H3. The highest BCUT2D eigenvalue weighted by Crippen LogP contribution is 2.19. The van der Waals surface area contributed by atoms with E-state index < -0.39 is 0 Å². The Kier molecular flexibility index (Phi) is 4.78. The normalized spacial score (nSPS) is 12.4. The van der Waals surface area contributed by atoms with Crippen LogP contribution in [0.25, 0.3) is 10.9 Å². The van der Waals surface area contributed by atoms with E-state index in [0.29, 0.717) is 12.5 Å². The molecule has 0 aliphatic heterocycles. The van der Waals surface area contributed by atoms with E-state index in [4.69, 9.17) is 4.74 Å². The fourth-order valence-corrected chi connectivity index (χ4v) is 2.00. The molecule has 4 nitrogen and oxygen atoms in total. The summed E-state index contributed by atoms with van der Waals surface area (Å²) in [5, 5.41) is 4.22. The molecule has 1 atom stereocenters. The van der Waals surface area contributed by atoms with Crippen molar-refractivity contribution in [2.75, 3.05) is 11.9 Å². The molecule has 0 aliphatic carbocycles. The second-order valence-corrected chi connectivity index (χ2v) is 5.75. The molecule has 0 radical (unpaired) electrons. The number of carbonyl (C=O) groups is 1. The van der Waals surface area contributed by atoms with Crippen molar-refractivity contribution in [1.29, 1.82) is 0 Å². The highest BCUT2D eigenvalue weighted by Gasteiger charge is 2.14. The third kappa shape index (κ3) is 4.18. The highest BCUT2D eigenvalue weighted by molar-refractivity contribution is 5.84. The monoisotopic (exact) mass is 286 g/mol. The summed E-state index contributed by atoms with van der Waals surface area (Å²) in [5.41, 5.74) is 2.84. The van der Waals surface area contributed by atoms with Crippen molar-refractivity contribution in [1.82, 2.24) is 4.98 Å². The van der Waals surface area contributed by atoms with Crippen LogP contribution < -0.4 is 5.32 Å². The SMILES string of the molecule is Cc1ccc2cc(NC(C)C(=O)OCC(C)C)ccc2n1. The van der Waals surface area contributed by atoms with Crippen LogP contribution in [0, 0.1) is 12.8 Å². The van der Waals surface area contributed by atoms with Gasteiger partial charge < -0.3 is 10.1 Å². The quantitative estimate of drug-likeness (QED) is 0.854. The molecule has 2 aromatic rings. The Bertz CT molecular complexity index is 638. The lowest BCUT2D eigenvalue weighted by Crippen LogP contribution is -2.29. The van der Waals surface area contributed by atoms with Crippen LogP contribution in [0.1, 0.15) is 26.5 Å². The molecule has 0 fully saturated rings. The average Bonchev–Trinajstić information content (AvgIpc) is 2.44. The van der Waals surface area contributed by atoms with Crippen molar-refractivity contribution in [3.8, 4) is 0 Å². The lowest BCUT2D eigenvalue weighted by molar-refractivity contribution is -0.145. The summed E-state index contributed by atoms with van der Waals surface area (Å²) in [5.74, 6) is 0.113. The molecule has 21 heavy (non-hydrogen) atoms. The second-order valence-electron chi connectivity index (χ2n) is 5.75. The molecule has 112 valence electrons. The van der Waals surface area contributed by atoms with Crippen LogP contribution in [0.2, 0.25) is 0 Å². The van der Waals surface area contributed by atoms with Crippen molar-refractivity contribution in [3.05, 3.63) is 36.0 Å². The number of nitrogens with zero attached hydrogens (tertiary/aromatic N) is 1. The number of anilines is 1. The van der Waals surface area contributed by atoms with Gasteiger partial charge in [0.05, 0.1) is 12.1 Å². The number of fused-ring (bicyclic) bond motifs is 1. The molecular formula is C17H22N2O2. The first-order valence-corrected chi connectivity index (χ1v) is 7.26. The lowest BCUT2D eigenvalue weighted by atomic mass is 10.1. The molecule has 0 amide bonds. The van der Waals surface area contributed by atoms with Crippen molar-refractivity contribution in [2.24, 2.45) is 5.92 Å². The number of aryl methyl sites for hydroxylation is 1. The summed E-state index contributed by atoms with van der Waals surface area (Å²) in [4.78, 5) is 16.3. The number of carbonyl (C=O) groups excluding carboxylic acids is 1. The molecular weight excluding hydrogens is 264 g/mol. The van der Waals surface area contributed by atoms with Crippen LogP contribution >= 0.6 is 0 Å². The van der Waals surface area contributed by atoms with Gasteiger partial charge in [0.1, 0.15) is 6.04 Å². The second kappa shape index (κ2) is 6.57. The van der Waals surface area contributed by atoms with Crippen molar-refractivity contribution < 1.29 is 9.53 Å². The molecule has 0 spiro atoms. The topological polar surface area (TPSA) is 51.2 Å². The molecule has 0 bridgehead atoms. The van der Waals surface area contributed by atoms with E-state index in [1.54, 1.807) is 6.92 Å². The first kappa shape index (κ1) is 15.3. The van der Waals surface area contributed by atoms with Gasteiger partial charge in [0.25, 0.3) is 0 Å². The number of pyridine rings is 1. The van der Waals surface area contributed by atoms with Gasteiger partial charge in [-0.25, -0.2) is 4.79 Å². The van der Waals surface area contributed by atoms with Gasteiger partial charge in [0.15, 0.2) is 0 Å². The fourth-order valence-electron chi connectivity index (χ4n) is 2.00. The molecule has 1 N–H and O–H groups in total. The van der Waals surface area contributed by atoms with E-state index in [1.165, 1.54) is 0 Å². The van der Waals surface area contributed by atoms with Crippen LogP contribution in [0.4, 0.5) is 5.69 Å². The van der Waals surface area contributed by atoms with E-state index in [-0.39, 0.29) is 12.0 Å². The predicted molar refractivity (Wildman–Crippen MR) is 85.4 cm³/mol. The first-order valence-electron chi connectivity index (χ1n) is 7.26. The Morgan fingerprint density at radius 1 is 1.24 bits per heavy atom. The van der Waals surface area contributed by atoms with Crippen molar-refractivity contribution >= 4 is 22.6 Å². The van der Waals surface area contributed by atoms with E-state index in [0.717, 1.165) is 22.3 Å². The molecule has 0 aliphatic rings. The highest BCUT2D eigenvalue weighted by atomic mass is 16.5. The van der Waals surface area contributed by atoms with Gasteiger partial charge in [-0.3, -0.25) is 4.98 Å². The first-order chi connectivity index (χ1) is 9.95. The minimum Gasteiger partial charge on any atom is -0.464 e. The van der Waals surface area contributed by atoms with Gasteiger partial charge in [-0.2, -0.15) is 0 Å². The molecule has 2 rings (SSSR count). The number of esters is 1. The van der Waals surface area contributed by atoms with Crippen LogP contribution in [-0.4, -0.2) is 23.6 Å². The van der Waals surface area contributed by atoms with Crippen molar-refractivity contribution in [2.45, 2.75) is 33.7 Å². The van der Waals surface area contributed by atoms with Gasteiger partial charge >= 0.3 is 5.97 Å². The zero-order chi connectivity index (χ0) is 15.4. The molecule has 0 saturated heterocycles. The maximum atomic E-state index is 11.9. The minimum atomic E-state index is -0.375. The lowest BCUT2D eigenvalue weighted by Gasteiger charge is -2.16.